The highest BCUT2D eigenvalue weighted by Gasteiger charge is 2.09. The van der Waals surface area contributed by atoms with Crippen LogP contribution in [0.1, 0.15) is 13.8 Å². The van der Waals surface area contributed by atoms with Crippen molar-refractivity contribution in [2.24, 2.45) is 0 Å². The molecule has 0 atom stereocenters. The van der Waals surface area contributed by atoms with Gasteiger partial charge in [-0.2, -0.15) is 0 Å². The number of nitrogens with zero attached hydrogens (tertiary/aromatic N) is 2. The summed E-state index contributed by atoms with van der Waals surface area (Å²) in [6, 6.07) is 0. The number of halogens is 2. The topological polar surface area (TPSA) is 23.6 Å². The fourth-order valence-electron chi connectivity index (χ4n) is 0.959. The normalized spacial score (nSPS) is 10.5. The molecule has 0 saturated heterocycles. The average Bonchev–Trinajstić information content (AvgIpc) is 2.17. The Morgan fingerprint density at radius 1 is 1.23 bits per heavy atom. The van der Waals surface area contributed by atoms with Gasteiger partial charge in [-0.15, -0.1) is 11.6 Å². The molecule has 5 heteroatoms. The molecular formula is C8H16Cl2N2O. The van der Waals surface area contributed by atoms with Gasteiger partial charge >= 0.3 is 0 Å². The Morgan fingerprint density at radius 3 is 2.15 bits per heavy atom. The molecule has 0 rings (SSSR count). The molecule has 0 radical (unpaired) electrons. The van der Waals surface area contributed by atoms with Crippen LogP contribution in [0.3, 0.4) is 0 Å². The molecule has 0 heterocycles. The molecule has 0 saturated carbocycles. The summed E-state index contributed by atoms with van der Waals surface area (Å²) in [5.41, 5.74) is 0. The summed E-state index contributed by atoms with van der Waals surface area (Å²) < 4.78 is 1.14. The van der Waals surface area contributed by atoms with Crippen LogP contribution in [-0.4, -0.2) is 47.3 Å². The van der Waals surface area contributed by atoms with Gasteiger partial charge in [0.25, 0.3) is 5.91 Å². The lowest BCUT2D eigenvalue weighted by molar-refractivity contribution is -0.124. The molecule has 0 aromatic rings. The van der Waals surface area contributed by atoms with Gasteiger partial charge in [0, 0.05) is 18.3 Å². The van der Waals surface area contributed by atoms with Crippen molar-refractivity contribution in [1.82, 2.24) is 9.32 Å². The van der Waals surface area contributed by atoms with E-state index in [1.807, 2.05) is 0 Å². The second kappa shape index (κ2) is 7.42. The Balaban J connectivity index is 3.67. The SMILES string of the molecule is CCN(CC)CCN(Cl)C(=O)CCl. The largest absolute Gasteiger partial charge is 0.302 e. The molecule has 0 aliphatic rings. The first-order valence-electron chi connectivity index (χ1n) is 4.40. The zero-order valence-electron chi connectivity index (χ0n) is 8.09. The first-order valence-corrected chi connectivity index (χ1v) is 5.27. The second-order valence-corrected chi connectivity index (χ2v) is 3.32. The highest BCUT2D eigenvalue weighted by atomic mass is 35.5. The summed E-state index contributed by atoms with van der Waals surface area (Å²) in [6.07, 6.45) is 0. The number of alkyl halides is 1. The van der Waals surface area contributed by atoms with Crippen molar-refractivity contribution in [3.05, 3.63) is 0 Å². The van der Waals surface area contributed by atoms with E-state index in [9.17, 15) is 4.79 Å². The summed E-state index contributed by atoms with van der Waals surface area (Å²) in [4.78, 5) is 13.1. The third-order valence-electron chi connectivity index (χ3n) is 1.89. The number of hydrogen-bond acceptors (Lipinski definition) is 2. The molecule has 3 nitrogen and oxygen atoms in total. The van der Waals surface area contributed by atoms with Crippen LogP contribution >= 0.6 is 23.4 Å². The van der Waals surface area contributed by atoms with Crippen molar-refractivity contribution >= 4 is 29.3 Å². The first kappa shape index (κ1) is 13.0. The van der Waals surface area contributed by atoms with E-state index in [0.29, 0.717) is 6.54 Å². The van der Waals surface area contributed by atoms with E-state index >= 15 is 0 Å². The Labute approximate surface area is 89.7 Å². The predicted octanol–water partition coefficient (Wildman–Crippen LogP) is 1.55. The highest BCUT2D eigenvalue weighted by Crippen LogP contribution is 1.98. The molecule has 0 unspecified atom stereocenters. The molecule has 1 amide bonds. The molecule has 0 aliphatic carbocycles. The van der Waals surface area contributed by atoms with Crippen molar-refractivity contribution < 1.29 is 4.79 Å². The zero-order valence-corrected chi connectivity index (χ0v) is 9.61. The summed E-state index contributed by atoms with van der Waals surface area (Å²) in [5, 5.41) is 0. The van der Waals surface area contributed by atoms with E-state index in [-0.39, 0.29) is 11.8 Å². The number of carbonyl (C=O) groups excluding carboxylic acids is 1. The lowest BCUT2D eigenvalue weighted by Crippen LogP contribution is -2.34. The summed E-state index contributed by atoms with van der Waals surface area (Å²) >= 11 is 11.0. The van der Waals surface area contributed by atoms with Gasteiger partial charge in [-0.25, -0.2) is 0 Å². The number of likely N-dealkylation sites (N-methyl/N-ethyl adjacent to an activating group) is 1. The summed E-state index contributed by atoms with van der Waals surface area (Å²) in [5.74, 6) is -0.294. The smallest absolute Gasteiger partial charge is 0.251 e. The third-order valence-corrected chi connectivity index (χ3v) is 2.48. The number of hydrogen-bond donors (Lipinski definition) is 0. The van der Waals surface area contributed by atoms with Crippen LogP contribution < -0.4 is 0 Å². The average molecular weight is 227 g/mol. The van der Waals surface area contributed by atoms with Crippen molar-refractivity contribution in [2.45, 2.75) is 13.8 Å². The molecule has 0 N–H and O–H groups in total. The molecular weight excluding hydrogens is 211 g/mol. The van der Waals surface area contributed by atoms with Crippen LogP contribution in [0.5, 0.6) is 0 Å². The Morgan fingerprint density at radius 2 is 1.77 bits per heavy atom. The fourth-order valence-corrected chi connectivity index (χ4v) is 1.30. The van der Waals surface area contributed by atoms with Crippen LogP contribution in [0.15, 0.2) is 0 Å². The van der Waals surface area contributed by atoms with Gasteiger partial charge in [0.1, 0.15) is 5.88 Å². The molecule has 0 aromatic carbocycles. The highest BCUT2D eigenvalue weighted by molar-refractivity contribution is 6.32. The van der Waals surface area contributed by atoms with Crippen LogP contribution in [0.4, 0.5) is 0 Å². The van der Waals surface area contributed by atoms with Gasteiger partial charge in [-0.3, -0.25) is 9.21 Å². The number of amides is 1. The maximum atomic E-state index is 10.9. The van der Waals surface area contributed by atoms with Gasteiger partial charge in [0.15, 0.2) is 0 Å². The lowest BCUT2D eigenvalue weighted by Gasteiger charge is -2.20. The van der Waals surface area contributed by atoms with Crippen LogP contribution in [-0.2, 0) is 4.79 Å². The standard InChI is InChI=1S/C8H16Cl2N2O/c1-3-11(4-2)5-6-12(10)8(13)7-9/h3-7H2,1-2H3. The monoisotopic (exact) mass is 226 g/mol. The molecule has 0 bridgehead atoms. The molecule has 0 aliphatic heterocycles. The van der Waals surface area contributed by atoms with Crippen LogP contribution in [0, 0.1) is 0 Å². The van der Waals surface area contributed by atoms with Crippen molar-refractivity contribution in [2.75, 3.05) is 32.1 Å². The zero-order chi connectivity index (χ0) is 10.3. The Hall–Kier alpha value is 0.01000. The van der Waals surface area contributed by atoms with Crippen molar-refractivity contribution in [1.29, 1.82) is 0 Å². The van der Waals surface area contributed by atoms with Gasteiger partial charge in [0.2, 0.25) is 0 Å². The Bertz CT molecular complexity index is 151. The van der Waals surface area contributed by atoms with E-state index in [4.69, 9.17) is 23.4 Å². The minimum Gasteiger partial charge on any atom is -0.302 e. The van der Waals surface area contributed by atoms with E-state index in [0.717, 1.165) is 24.1 Å². The Kier molecular flexibility index (Phi) is 7.42. The van der Waals surface area contributed by atoms with Crippen molar-refractivity contribution in [3.8, 4) is 0 Å². The molecule has 0 fully saturated rings. The minimum absolute atomic E-state index is 0.0538. The van der Waals surface area contributed by atoms with E-state index in [1.165, 1.54) is 0 Å². The van der Waals surface area contributed by atoms with Crippen LogP contribution in [0.2, 0.25) is 0 Å². The third kappa shape index (κ3) is 5.34. The van der Waals surface area contributed by atoms with Gasteiger partial charge < -0.3 is 4.90 Å². The second-order valence-electron chi connectivity index (χ2n) is 2.64. The van der Waals surface area contributed by atoms with E-state index in [2.05, 4.69) is 18.7 Å². The molecule has 13 heavy (non-hydrogen) atoms. The maximum Gasteiger partial charge on any atom is 0.251 e. The van der Waals surface area contributed by atoms with Crippen molar-refractivity contribution in [3.63, 3.8) is 0 Å². The minimum atomic E-state index is -0.240. The lowest BCUT2D eigenvalue weighted by atomic mass is 10.4. The van der Waals surface area contributed by atoms with Gasteiger partial charge in [0.05, 0.1) is 6.54 Å². The molecule has 0 spiro atoms. The fraction of sp³-hybridized carbons (Fsp3) is 0.875. The summed E-state index contributed by atoms with van der Waals surface area (Å²) in [7, 11) is 0. The van der Waals surface area contributed by atoms with E-state index < -0.39 is 0 Å². The molecule has 78 valence electrons. The maximum absolute atomic E-state index is 10.9. The number of rotatable bonds is 6. The number of carbonyl (C=O) groups is 1. The van der Waals surface area contributed by atoms with Crippen LogP contribution in [0.25, 0.3) is 0 Å². The first-order chi connectivity index (χ1) is 6.15. The summed E-state index contributed by atoms with van der Waals surface area (Å²) in [6.45, 7) is 7.40. The van der Waals surface area contributed by atoms with Gasteiger partial charge in [-0.05, 0) is 13.1 Å². The van der Waals surface area contributed by atoms with Gasteiger partial charge in [-0.1, -0.05) is 13.8 Å². The predicted molar refractivity (Wildman–Crippen MR) is 56.1 cm³/mol. The van der Waals surface area contributed by atoms with E-state index in [1.54, 1.807) is 0 Å². The molecule has 0 aromatic heterocycles. The quantitative estimate of drug-likeness (QED) is 0.507.